The maximum absolute atomic E-state index is 12.4. The van der Waals surface area contributed by atoms with Crippen molar-refractivity contribution < 1.29 is 27.5 Å². The van der Waals surface area contributed by atoms with Crippen LogP contribution in [0.5, 0.6) is 0 Å². The largest absolute Gasteiger partial charge is 0.469 e. The molecule has 0 aliphatic carbocycles. The van der Waals surface area contributed by atoms with Gasteiger partial charge in [0.05, 0.1) is 35.6 Å². The Morgan fingerprint density at radius 2 is 2.12 bits per heavy atom. The van der Waals surface area contributed by atoms with E-state index in [1.165, 1.54) is 13.2 Å². The number of pyridine rings is 1. The Morgan fingerprint density at radius 1 is 1.36 bits per heavy atom. The van der Waals surface area contributed by atoms with Gasteiger partial charge in [0.1, 0.15) is 0 Å². The van der Waals surface area contributed by atoms with E-state index in [0.29, 0.717) is 15.9 Å². The lowest BCUT2D eigenvalue weighted by molar-refractivity contribution is -0.140. The lowest BCUT2D eigenvalue weighted by Gasteiger charge is -2.06. The van der Waals surface area contributed by atoms with Gasteiger partial charge < -0.3 is 10.1 Å². The molecule has 0 fully saturated rings. The van der Waals surface area contributed by atoms with Crippen molar-refractivity contribution >= 4 is 40.1 Å². The summed E-state index contributed by atoms with van der Waals surface area (Å²) in [6.45, 7) is 0. The van der Waals surface area contributed by atoms with Gasteiger partial charge in [-0.25, -0.2) is 9.97 Å². The van der Waals surface area contributed by atoms with Gasteiger partial charge in [0, 0.05) is 11.6 Å². The molecule has 0 saturated heterocycles. The summed E-state index contributed by atoms with van der Waals surface area (Å²) in [5.41, 5.74) is -0.369. The van der Waals surface area contributed by atoms with Crippen LogP contribution in [0.2, 0.25) is 0 Å². The Labute approximate surface area is 148 Å². The number of thioether (sulfide) groups is 1. The number of carbonyl (C=O) groups is 2. The Bertz CT molecular complexity index is 748. The van der Waals surface area contributed by atoms with Crippen molar-refractivity contribution in [1.29, 1.82) is 0 Å². The predicted molar refractivity (Wildman–Crippen MR) is 86.4 cm³/mol. The number of amides is 1. The molecule has 1 amide bonds. The standard InChI is InChI=1S/C14H12F3N3O3S2/c1-23-12(22)4-9-6-25-13(19-9)20-10(21)7-24-11-3-2-8(5-18-11)14(15,16)17/h2-3,5-6H,4,7H2,1H3,(H,19,20,21). The number of hydrogen-bond acceptors (Lipinski definition) is 7. The Morgan fingerprint density at radius 3 is 2.72 bits per heavy atom. The first kappa shape index (κ1) is 19.2. The quantitative estimate of drug-likeness (QED) is 0.602. The fraction of sp³-hybridized carbons (Fsp3) is 0.286. The molecule has 0 bridgehead atoms. The number of thiazole rings is 1. The number of methoxy groups -OCH3 is 1. The molecule has 0 aromatic carbocycles. The lowest BCUT2D eigenvalue weighted by Crippen LogP contribution is -2.14. The first-order valence-corrected chi connectivity index (χ1v) is 8.61. The molecule has 2 aromatic heterocycles. The zero-order chi connectivity index (χ0) is 18.4. The fourth-order valence-electron chi connectivity index (χ4n) is 1.59. The van der Waals surface area contributed by atoms with Crippen LogP contribution in [0.1, 0.15) is 11.3 Å². The van der Waals surface area contributed by atoms with Crippen LogP contribution in [0, 0.1) is 0 Å². The Kier molecular flexibility index (Phi) is 6.37. The summed E-state index contributed by atoms with van der Waals surface area (Å²) in [6.07, 6.45) is -3.71. The van der Waals surface area contributed by atoms with Crippen LogP contribution in [0.15, 0.2) is 28.7 Å². The van der Waals surface area contributed by atoms with Crippen LogP contribution < -0.4 is 5.32 Å². The summed E-state index contributed by atoms with van der Waals surface area (Å²) >= 11 is 2.16. The maximum atomic E-state index is 12.4. The highest BCUT2D eigenvalue weighted by molar-refractivity contribution is 7.99. The molecule has 2 rings (SSSR count). The van der Waals surface area contributed by atoms with Crippen LogP contribution in [0.25, 0.3) is 0 Å². The zero-order valence-electron chi connectivity index (χ0n) is 12.8. The van der Waals surface area contributed by atoms with E-state index in [2.05, 4.69) is 20.0 Å². The van der Waals surface area contributed by atoms with Crippen molar-refractivity contribution in [3.63, 3.8) is 0 Å². The van der Waals surface area contributed by atoms with Crippen molar-refractivity contribution in [1.82, 2.24) is 9.97 Å². The molecule has 0 spiro atoms. The zero-order valence-corrected chi connectivity index (χ0v) is 14.4. The van der Waals surface area contributed by atoms with E-state index >= 15 is 0 Å². The molecule has 2 aromatic rings. The van der Waals surface area contributed by atoms with E-state index in [1.807, 2.05) is 0 Å². The lowest BCUT2D eigenvalue weighted by atomic mass is 10.3. The van der Waals surface area contributed by atoms with Gasteiger partial charge in [0.25, 0.3) is 0 Å². The molecule has 11 heteroatoms. The molecule has 25 heavy (non-hydrogen) atoms. The second-order valence-electron chi connectivity index (χ2n) is 4.62. The van der Waals surface area contributed by atoms with Gasteiger partial charge in [-0.2, -0.15) is 13.2 Å². The third kappa shape index (κ3) is 6.02. The molecular weight excluding hydrogens is 379 g/mol. The normalized spacial score (nSPS) is 11.2. The maximum Gasteiger partial charge on any atom is 0.417 e. The molecule has 1 N–H and O–H groups in total. The first-order valence-electron chi connectivity index (χ1n) is 6.75. The number of esters is 1. The van der Waals surface area contributed by atoms with Gasteiger partial charge in [-0.3, -0.25) is 9.59 Å². The molecule has 0 aliphatic rings. The summed E-state index contributed by atoms with van der Waals surface area (Å²) in [6, 6.07) is 2.12. The van der Waals surface area contributed by atoms with Crippen LogP contribution in [0.4, 0.5) is 18.3 Å². The molecule has 0 aliphatic heterocycles. The van der Waals surface area contributed by atoms with Crippen LogP contribution in [-0.4, -0.2) is 34.7 Å². The van der Waals surface area contributed by atoms with Crippen LogP contribution >= 0.6 is 23.1 Å². The smallest absolute Gasteiger partial charge is 0.417 e. The van der Waals surface area contributed by atoms with Gasteiger partial charge in [-0.05, 0) is 12.1 Å². The Hall–Kier alpha value is -2.14. The van der Waals surface area contributed by atoms with Gasteiger partial charge in [-0.1, -0.05) is 11.8 Å². The summed E-state index contributed by atoms with van der Waals surface area (Å²) in [5, 5.41) is 4.79. The summed E-state index contributed by atoms with van der Waals surface area (Å²) < 4.78 is 41.8. The van der Waals surface area contributed by atoms with Crippen molar-refractivity contribution in [2.24, 2.45) is 0 Å². The summed E-state index contributed by atoms with van der Waals surface area (Å²) in [5.74, 6) is -0.859. The minimum atomic E-state index is -4.44. The molecule has 134 valence electrons. The number of anilines is 1. The third-order valence-electron chi connectivity index (χ3n) is 2.77. The number of halogens is 3. The summed E-state index contributed by atoms with van der Waals surface area (Å²) in [7, 11) is 1.27. The number of nitrogens with zero attached hydrogens (tertiary/aromatic N) is 2. The average Bonchev–Trinajstić information content (AvgIpc) is 2.99. The minimum Gasteiger partial charge on any atom is -0.469 e. The topological polar surface area (TPSA) is 81.2 Å². The average molecular weight is 391 g/mol. The first-order chi connectivity index (χ1) is 11.8. The highest BCUT2D eigenvalue weighted by Crippen LogP contribution is 2.29. The van der Waals surface area contributed by atoms with Gasteiger partial charge in [-0.15, -0.1) is 11.3 Å². The number of carbonyl (C=O) groups excluding carboxylic acids is 2. The predicted octanol–water partition coefficient (Wildman–Crippen LogP) is 3.00. The summed E-state index contributed by atoms with van der Waals surface area (Å²) in [4.78, 5) is 30.7. The molecule has 0 atom stereocenters. The van der Waals surface area contributed by atoms with E-state index in [1.54, 1.807) is 5.38 Å². The van der Waals surface area contributed by atoms with Crippen LogP contribution in [-0.2, 0) is 26.9 Å². The van der Waals surface area contributed by atoms with E-state index < -0.39 is 17.7 Å². The molecule has 6 nitrogen and oxygen atoms in total. The highest BCUT2D eigenvalue weighted by atomic mass is 32.2. The number of hydrogen-bond donors (Lipinski definition) is 1. The van der Waals surface area contributed by atoms with Crippen LogP contribution in [0.3, 0.4) is 0 Å². The van der Waals surface area contributed by atoms with Gasteiger partial charge >= 0.3 is 12.1 Å². The van der Waals surface area contributed by atoms with E-state index in [0.717, 1.165) is 35.4 Å². The number of rotatable bonds is 6. The van der Waals surface area contributed by atoms with Crippen molar-refractivity contribution in [3.8, 4) is 0 Å². The molecule has 2 heterocycles. The number of nitrogens with one attached hydrogen (secondary N) is 1. The van der Waals surface area contributed by atoms with Crippen molar-refractivity contribution in [2.75, 3.05) is 18.2 Å². The second kappa shape index (κ2) is 8.30. The molecule has 0 radical (unpaired) electrons. The molecule has 0 unspecified atom stereocenters. The van der Waals surface area contributed by atoms with Gasteiger partial charge in [0.15, 0.2) is 5.13 Å². The number of alkyl halides is 3. The van der Waals surface area contributed by atoms with E-state index in [9.17, 15) is 22.8 Å². The SMILES string of the molecule is COC(=O)Cc1csc(NC(=O)CSc2ccc(C(F)(F)F)cn2)n1. The van der Waals surface area contributed by atoms with Crippen molar-refractivity contribution in [3.05, 3.63) is 35.0 Å². The highest BCUT2D eigenvalue weighted by Gasteiger charge is 2.30. The van der Waals surface area contributed by atoms with Gasteiger partial charge in [0.2, 0.25) is 5.91 Å². The monoisotopic (exact) mass is 391 g/mol. The second-order valence-corrected chi connectivity index (χ2v) is 6.47. The number of aromatic nitrogens is 2. The molecule has 0 saturated carbocycles. The van der Waals surface area contributed by atoms with E-state index in [-0.39, 0.29) is 18.1 Å². The van der Waals surface area contributed by atoms with E-state index in [4.69, 9.17) is 0 Å². The Balaban J connectivity index is 1.83. The third-order valence-corrected chi connectivity index (χ3v) is 4.52. The van der Waals surface area contributed by atoms with Crippen molar-refractivity contribution in [2.45, 2.75) is 17.6 Å². The molecular formula is C14H12F3N3O3S2. The fourth-order valence-corrected chi connectivity index (χ4v) is 2.96. The number of ether oxygens (including phenoxy) is 1. The minimum absolute atomic E-state index is 0.00704.